The molecule has 1 atom stereocenters. The molecule has 0 aliphatic carbocycles. The standard InChI is InChI=1S/C28H29N3O3/c1-20-24(28(32)31(29(20)2)22-12-5-4-6-13-22)18-30-17-21-11-7-9-15-25(21)34-27(19-30)23-14-8-10-16-26(23)33-3/h4-16,27H,17-19H2,1-3H3/t27-/m0/s1. The topological polar surface area (TPSA) is 48.6 Å². The van der Waals surface area contributed by atoms with E-state index in [0.717, 1.165) is 39.6 Å². The van der Waals surface area contributed by atoms with Crippen LogP contribution < -0.4 is 15.0 Å². The molecular formula is C28H29N3O3. The van der Waals surface area contributed by atoms with Crippen LogP contribution in [0, 0.1) is 6.92 Å². The SMILES string of the molecule is COc1ccccc1[C@@H]1CN(Cc2c(C)n(C)n(-c3ccccc3)c2=O)Cc2ccccc2O1. The summed E-state index contributed by atoms with van der Waals surface area (Å²) in [5.41, 5.74) is 4.74. The zero-order valence-corrected chi connectivity index (χ0v) is 19.8. The van der Waals surface area contributed by atoms with E-state index in [4.69, 9.17) is 9.47 Å². The van der Waals surface area contributed by atoms with Crippen LogP contribution in [0.2, 0.25) is 0 Å². The fourth-order valence-electron chi connectivity index (χ4n) is 4.72. The Bertz CT molecular complexity index is 1360. The number of aromatic nitrogens is 2. The highest BCUT2D eigenvalue weighted by molar-refractivity contribution is 5.40. The van der Waals surface area contributed by atoms with Crippen molar-refractivity contribution < 1.29 is 9.47 Å². The molecule has 0 saturated heterocycles. The van der Waals surface area contributed by atoms with Crippen LogP contribution in [0.1, 0.15) is 28.5 Å². The van der Waals surface area contributed by atoms with Crippen molar-refractivity contribution >= 4 is 0 Å². The first kappa shape index (κ1) is 22.0. The van der Waals surface area contributed by atoms with Crippen molar-refractivity contribution in [3.05, 3.63) is 112 Å². The lowest BCUT2D eigenvalue weighted by atomic mass is 10.1. The molecular weight excluding hydrogens is 426 g/mol. The van der Waals surface area contributed by atoms with Gasteiger partial charge in [0.05, 0.1) is 18.4 Å². The Morgan fingerprint density at radius 2 is 1.68 bits per heavy atom. The monoisotopic (exact) mass is 455 g/mol. The summed E-state index contributed by atoms with van der Waals surface area (Å²) in [7, 11) is 3.62. The Kier molecular flexibility index (Phi) is 5.99. The largest absolute Gasteiger partial charge is 0.496 e. The fraction of sp³-hybridized carbons (Fsp3) is 0.250. The predicted octanol–water partition coefficient (Wildman–Crippen LogP) is 4.63. The van der Waals surface area contributed by atoms with Gasteiger partial charge in [0.2, 0.25) is 0 Å². The molecule has 6 nitrogen and oxygen atoms in total. The van der Waals surface area contributed by atoms with Crippen molar-refractivity contribution in [3.8, 4) is 17.2 Å². The van der Waals surface area contributed by atoms with Crippen LogP contribution in [0.3, 0.4) is 0 Å². The molecule has 5 rings (SSSR count). The smallest absolute Gasteiger partial charge is 0.276 e. The van der Waals surface area contributed by atoms with E-state index in [-0.39, 0.29) is 11.7 Å². The zero-order chi connectivity index (χ0) is 23.7. The second-order valence-corrected chi connectivity index (χ2v) is 8.67. The molecule has 2 heterocycles. The third-order valence-electron chi connectivity index (χ3n) is 6.60. The van der Waals surface area contributed by atoms with Gasteiger partial charge in [-0.05, 0) is 31.2 Å². The normalized spacial score (nSPS) is 15.9. The number of para-hydroxylation sites is 3. The Morgan fingerprint density at radius 3 is 2.47 bits per heavy atom. The number of nitrogens with zero attached hydrogens (tertiary/aromatic N) is 3. The van der Waals surface area contributed by atoms with E-state index in [1.807, 2.05) is 91.4 Å². The molecule has 1 aliphatic heterocycles. The summed E-state index contributed by atoms with van der Waals surface area (Å²) in [5, 5.41) is 0. The van der Waals surface area contributed by atoms with E-state index >= 15 is 0 Å². The fourth-order valence-corrected chi connectivity index (χ4v) is 4.72. The second kappa shape index (κ2) is 9.23. The minimum absolute atomic E-state index is 0.0125. The summed E-state index contributed by atoms with van der Waals surface area (Å²) in [5.74, 6) is 1.67. The molecule has 0 N–H and O–H groups in total. The number of methoxy groups -OCH3 is 1. The quantitative estimate of drug-likeness (QED) is 0.440. The highest BCUT2D eigenvalue weighted by Gasteiger charge is 2.28. The van der Waals surface area contributed by atoms with Gasteiger partial charge >= 0.3 is 0 Å². The van der Waals surface area contributed by atoms with Crippen molar-refractivity contribution in [1.29, 1.82) is 0 Å². The molecule has 0 bridgehead atoms. The first-order valence-corrected chi connectivity index (χ1v) is 11.5. The van der Waals surface area contributed by atoms with E-state index in [1.54, 1.807) is 11.8 Å². The van der Waals surface area contributed by atoms with Crippen molar-refractivity contribution in [2.24, 2.45) is 7.05 Å². The molecule has 1 aromatic heterocycles. The molecule has 4 aromatic rings. The van der Waals surface area contributed by atoms with Gasteiger partial charge in [-0.1, -0.05) is 54.6 Å². The average Bonchev–Trinajstić information content (AvgIpc) is 3.00. The number of hydrogen-bond donors (Lipinski definition) is 0. The molecule has 34 heavy (non-hydrogen) atoms. The molecule has 0 spiro atoms. The molecule has 174 valence electrons. The average molecular weight is 456 g/mol. The highest BCUT2D eigenvalue weighted by atomic mass is 16.5. The van der Waals surface area contributed by atoms with Crippen molar-refractivity contribution in [3.63, 3.8) is 0 Å². The highest BCUT2D eigenvalue weighted by Crippen LogP contribution is 2.35. The third kappa shape index (κ3) is 4.01. The van der Waals surface area contributed by atoms with Crippen LogP contribution in [0.5, 0.6) is 11.5 Å². The predicted molar refractivity (Wildman–Crippen MR) is 133 cm³/mol. The summed E-state index contributed by atoms with van der Waals surface area (Å²) in [6.07, 6.45) is -0.222. The van der Waals surface area contributed by atoms with Crippen LogP contribution in [0.25, 0.3) is 5.69 Å². The molecule has 0 unspecified atom stereocenters. The van der Waals surface area contributed by atoms with Gasteiger partial charge in [0, 0.05) is 43.5 Å². The van der Waals surface area contributed by atoms with Gasteiger partial charge in [0.15, 0.2) is 0 Å². The Balaban J connectivity index is 1.53. The van der Waals surface area contributed by atoms with Crippen molar-refractivity contribution in [2.75, 3.05) is 13.7 Å². The number of benzene rings is 3. The lowest BCUT2D eigenvalue weighted by molar-refractivity contribution is 0.141. The Labute approximate surface area is 199 Å². The van der Waals surface area contributed by atoms with Gasteiger partial charge in [-0.3, -0.25) is 14.4 Å². The minimum atomic E-state index is -0.222. The first-order valence-electron chi connectivity index (χ1n) is 11.5. The molecule has 6 heteroatoms. The molecule has 3 aromatic carbocycles. The van der Waals surface area contributed by atoms with E-state index in [9.17, 15) is 4.79 Å². The molecule has 0 amide bonds. The van der Waals surface area contributed by atoms with Crippen LogP contribution >= 0.6 is 0 Å². The maximum Gasteiger partial charge on any atom is 0.276 e. The van der Waals surface area contributed by atoms with E-state index in [1.165, 1.54) is 0 Å². The van der Waals surface area contributed by atoms with E-state index < -0.39 is 0 Å². The number of rotatable bonds is 5. The van der Waals surface area contributed by atoms with Gasteiger partial charge in [-0.25, -0.2) is 4.68 Å². The third-order valence-corrected chi connectivity index (χ3v) is 6.60. The molecule has 1 aliphatic rings. The molecule has 0 saturated carbocycles. The lowest BCUT2D eigenvalue weighted by Gasteiger charge is -2.25. The first-order chi connectivity index (χ1) is 16.6. The summed E-state index contributed by atoms with van der Waals surface area (Å²) in [4.78, 5) is 15.8. The number of hydrogen-bond acceptors (Lipinski definition) is 4. The molecule has 0 fully saturated rings. The summed E-state index contributed by atoms with van der Waals surface area (Å²) in [6.45, 7) is 3.87. The molecule has 0 radical (unpaired) electrons. The van der Waals surface area contributed by atoms with Gasteiger partial charge in [-0.15, -0.1) is 0 Å². The maximum absolute atomic E-state index is 13.5. The number of ether oxygens (including phenoxy) is 2. The van der Waals surface area contributed by atoms with Crippen molar-refractivity contribution in [2.45, 2.75) is 26.1 Å². The lowest BCUT2D eigenvalue weighted by Crippen LogP contribution is -2.30. The van der Waals surface area contributed by atoms with E-state index in [0.29, 0.717) is 19.6 Å². The Hall–Kier alpha value is -3.77. The summed E-state index contributed by atoms with van der Waals surface area (Å²) >= 11 is 0. The summed E-state index contributed by atoms with van der Waals surface area (Å²) < 4.78 is 15.8. The van der Waals surface area contributed by atoms with Gasteiger partial charge in [0.1, 0.15) is 17.6 Å². The summed E-state index contributed by atoms with van der Waals surface area (Å²) in [6, 6.07) is 25.9. The van der Waals surface area contributed by atoms with Crippen LogP contribution in [-0.4, -0.2) is 27.9 Å². The van der Waals surface area contributed by atoms with Crippen molar-refractivity contribution in [1.82, 2.24) is 14.3 Å². The minimum Gasteiger partial charge on any atom is -0.496 e. The van der Waals surface area contributed by atoms with Gasteiger partial charge < -0.3 is 9.47 Å². The maximum atomic E-state index is 13.5. The Morgan fingerprint density at radius 1 is 0.971 bits per heavy atom. The van der Waals surface area contributed by atoms with E-state index in [2.05, 4.69) is 11.0 Å². The second-order valence-electron chi connectivity index (χ2n) is 8.67. The van der Waals surface area contributed by atoms with Gasteiger partial charge in [-0.2, -0.15) is 0 Å². The van der Waals surface area contributed by atoms with Gasteiger partial charge in [0.25, 0.3) is 5.56 Å². The van der Waals surface area contributed by atoms with Crippen LogP contribution in [-0.2, 0) is 20.1 Å². The van der Waals surface area contributed by atoms with Crippen LogP contribution in [0.4, 0.5) is 0 Å². The number of fused-ring (bicyclic) bond motifs is 1. The van der Waals surface area contributed by atoms with Crippen LogP contribution in [0.15, 0.2) is 83.7 Å². The zero-order valence-electron chi connectivity index (χ0n) is 19.8.